The lowest BCUT2D eigenvalue weighted by Crippen LogP contribution is -2.64. The third-order valence-electron chi connectivity index (χ3n) is 13.3. The van der Waals surface area contributed by atoms with Crippen LogP contribution in [0.5, 0.6) is 0 Å². The number of carbonyl (C=O) groups is 4. The third-order valence-corrected chi connectivity index (χ3v) is 13.3. The van der Waals surface area contributed by atoms with Gasteiger partial charge in [0.15, 0.2) is 0 Å². The Bertz CT molecular complexity index is 1510. The molecule has 0 aromatic carbocycles. The quantitative estimate of drug-likeness (QED) is 0.166. The number of aliphatic hydroxyl groups excluding tert-OH is 1. The van der Waals surface area contributed by atoms with Crippen molar-refractivity contribution < 1.29 is 57.8 Å². The molecule has 13 heteroatoms. The number of methoxy groups -OCH3 is 3. The molecule has 0 unspecified atom stereocenters. The largest absolute Gasteiger partial charge is 0.456 e. The van der Waals surface area contributed by atoms with Crippen LogP contribution in [0.4, 0.5) is 0 Å². The third kappa shape index (κ3) is 12.0. The number of allylic oxidation sites excluding steroid dienone is 3. The molecular weight excluding hydrogens is 759 g/mol. The van der Waals surface area contributed by atoms with Gasteiger partial charge in [-0.25, -0.2) is 4.79 Å². The monoisotopic (exact) mass is 832 g/mol. The van der Waals surface area contributed by atoms with Crippen LogP contribution in [-0.4, -0.2) is 128 Å². The van der Waals surface area contributed by atoms with E-state index in [1.807, 2.05) is 26.8 Å². The van der Waals surface area contributed by atoms with Gasteiger partial charge in [0.05, 0.1) is 37.1 Å². The predicted octanol–water partition coefficient (Wildman–Crippen LogP) is 5.68. The first-order valence-corrected chi connectivity index (χ1v) is 21.9. The van der Waals surface area contributed by atoms with E-state index < -0.39 is 77.8 Å². The molecule has 3 heterocycles. The zero-order chi connectivity index (χ0) is 43.6. The molecule has 0 radical (unpaired) electrons. The summed E-state index contributed by atoms with van der Waals surface area (Å²) in [5.74, 6) is -7.37. The van der Waals surface area contributed by atoms with Gasteiger partial charge in [-0.3, -0.25) is 14.4 Å². The summed E-state index contributed by atoms with van der Waals surface area (Å²) >= 11 is 0. The van der Waals surface area contributed by atoms with E-state index in [1.165, 1.54) is 19.1 Å². The Morgan fingerprint density at radius 3 is 2.27 bits per heavy atom. The van der Waals surface area contributed by atoms with Crippen LogP contribution in [0, 0.1) is 29.6 Å². The standard InChI is InChI=1S/C46H73NO12/c1-11-19-57-37-17-16-32(25-38(37)54-8)23-29(5)41-31(7)35(48)26-36(49)33(12-2)21-27(3)20-28(4)22-39(55-9)42-40(56-10)24-30(6)46(53,59-42)43(50)44(51)47-18-14-13-15-34(47)45(52)58-41/h11,21,23,28,30-35,37-42,48,53H,1,12-20,22,24-26H2,2-10H3/b27-21+,29-23+/t28-,30+,31+,32-,33+,34-,35-,37+,38+,39-,40-,41+,42+,46+/m0/s1. The molecule has 0 aromatic heterocycles. The fourth-order valence-electron chi connectivity index (χ4n) is 9.76. The van der Waals surface area contributed by atoms with Crippen molar-refractivity contribution in [3.05, 3.63) is 36.0 Å². The van der Waals surface area contributed by atoms with Crippen molar-refractivity contribution in [2.75, 3.05) is 34.5 Å². The number of hydrogen-bond acceptors (Lipinski definition) is 12. The van der Waals surface area contributed by atoms with Crippen molar-refractivity contribution in [3.8, 4) is 0 Å². The number of nitrogens with zero attached hydrogens (tertiary/aromatic N) is 1. The number of rotatable bonds is 9. The molecule has 3 fully saturated rings. The van der Waals surface area contributed by atoms with E-state index in [1.54, 1.807) is 27.0 Å². The van der Waals surface area contributed by atoms with Crippen LogP contribution in [-0.2, 0) is 47.6 Å². The van der Waals surface area contributed by atoms with Gasteiger partial charge in [-0.2, -0.15) is 0 Å². The molecule has 59 heavy (non-hydrogen) atoms. The fourth-order valence-corrected chi connectivity index (χ4v) is 9.76. The zero-order valence-electron chi connectivity index (χ0n) is 37.1. The van der Waals surface area contributed by atoms with E-state index >= 15 is 0 Å². The lowest BCUT2D eigenvalue weighted by Gasteiger charge is -2.47. The molecule has 2 bridgehead atoms. The topological polar surface area (TPSA) is 167 Å². The van der Waals surface area contributed by atoms with Crippen molar-refractivity contribution in [3.63, 3.8) is 0 Å². The second-order valence-electron chi connectivity index (χ2n) is 17.7. The van der Waals surface area contributed by atoms with Crippen molar-refractivity contribution in [2.45, 2.75) is 167 Å². The molecule has 4 rings (SSSR count). The minimum atomic E-state index is -2.50. The van der Waals surface area contributed by atoms with Gasteiger partial charge >= 0.3 is 5.97 Å². The molecule has 1 amide bonds. The first-order valence-electron chi connectivity index (χ1n) is 21.9. The van der Waals surface area contributed by atoms with E-state index in [-0.39, 0.29) is 55.6 Å². The van der Waals surface area contributed by atoms with Crippen LogP contribution < -0.4 is 0 Å². The Balaban J connectivity index is 1.75. The molecule has 4 aliphatic rings. The highest BCUT2D eigenvalue weighted by Crippen LogP contribution is 2.39. The SMILES string of the molecule is C=CCO[C@@H]1CC[C@@H](/C=C(\C)[C@H]2OC(=O)[C@@H]3CCCCN3C(=O)C(=O)[C@]3(O)O[C@H]([C@@H](OC)C[C@@H](C)C/C(C)=C/[C@@H](CC)C(=O)C[C@H](O)[C@H]2C)[C@@H](OC)C[C@H]3C)C[C@H]1OC. The number of hydrogen-bond donors (Lipinski definition) is 2. The van der Waals surface area contributed by atoms with Gasteiger partial charge in [0, 0.05) is 52.0 Å². The van der Waals surface area contributed by atoms with Gasteiger partial charge in [-0.15, -0.1) is 6.58 Å². The molecule has 13 nitrogen and oxygen atoms in total. The highest BCUT2D eigenvalue weighted by Gasteiger charge is 2.56. The predicted molar refractivity (Wildman–Crippen MR) is 222 cm³/mol. The van der Waals surface area contributed by atoms with Crippen LogP contribution >= 0.6 is 0 Å². The van der Waals surface area contributed by atoms with Crippen LogP contribution in [0.25, 0.3) is 0 Å². The molecule has 3 aliphatic heterocycles. The Morgan fingerprint density at radius 1 is 0.949 bits per heavy atom. The van der Waals surface area contributed by atoms with E-state index in [2.05, 4.69) is 19.6 Å². The maximum atomic E-state index is 14.4. The summed E-state index contributed by atoms with van der Waals surface area (Å²) in [5, 5.41) is 23.8. The number of fused-ring (bicyclic) bond motifs is 3. The average molecular weight is 832 g/mol. The highest BCUT2D eigenvalue weighted by molar-refractivity contribution is 6.39. The Kier molecular flexibility index (Phi) is 18.5. The molecule has 2 saturated heterocycles. The summed E-state index contributed by atoms with van der Waals surface area (Å²) in [6.07, 6.45) is 6.72. The minimum absolute atomic E-state index is 0.0380. The number of amides is 1. The van der Waals surface area contributed by atoms with Crippen LogP contribution in [0.3, 0.4) is 0 Å². The van der Waals surface area contributed by atoms with E-state index in [4.69, 9.17) is 28.4 Å². The number of ether oxygens (including phenoxy) is 6. The van der Waals surface area contributed by atoms with Gasteiger partial charge in [0.1, 0.15) is 24.0 Å². The molecule has 0 aromatic rings. The van der Waals surface area contributed by atoms with Gasteiger partial charge in [-0.1, -0.05) is 51.5 Å². The maximum Gasteiger partial charge on any atom is 0.329 e. The number of carbonyl (C=O) groups excluding carboxylic acids is 4. The number of piperidine rings is 1. The first-order chi connectivity index (χ1) is 28.0. The van der Waals surface area contributed by atoms with Gasteiger partial charge in [0.25, 0.3) is 11.7 Å². The summed E-state index contributed by atoms with van der Waals surface area (Å²) < 4.78 is 36.1. The van der Waals surface area contributed by atoms with E-state index in [9.17, 15) is 29.4 Å². The second kappa shape index (κ2) is 22.4. The van der Waals surface area contributed by atoms with Crippen LogP contribution in [0.2, 0.25) is 0 Å². The fraction of sp³-hybridized carbons (Fsp3) is 0.783. The van der Waals surface area contributed by atoms with Gasteiger partial charge < -0.3 is 43.5 Å². The lowest BCUT2D eigenvalue weighted by atomic mass is 9.81. The molecular formula is C46H73NO12. The minimum Gasteiger partial charge on any atom is -0.456 e. The van der Waals surface area contributed by atoms with Crippen molar-refractivity contribution in [2.24, 2.45) is 29.6 Å². The summed E-state index contributed by atoms with van der Waals surface area (Å²) in [5.41, 5.74) is 1.70. The Hall–Kier alpha value is -2.78. The van der Waals surface area contributed by atoms with Crippen LogP contribution in [0.15, 0.2) is 36.0 Å². The first kappa shape index (κ1) is 48.9. The number of ketones is 2. The Morgan fingerprint density at radius 2 is 1.63 bits per heavy atom. The van der Waals surface area contributed by atoms with Crippen LogP contribution in [0.1, 0.15) is 112 Å². The summed E-state index contributed by atoms with van der Waals surface area (Å²) in [6, 6.07) is -1.12. The number of Topliss-reactive ketones (excluding diaryl/α,β-unsaturated/α-hetero) is 2. The Labute approximate surface area is 352 Å². The zero-order valence-corrected chi connectivity index (χ0v) is 37.1. The number of cyclic esters (lactones) is 1. The molecule has 14 atom stereocenters. The summed E-state index contributed by atoms with van der Waals surface area (Å²) in [6.45, 7) is 15.5. The summed E-state index contributed by atoms with van der Waals surface area (Å²) in [7, 11) is 4.74. The van der Waals surface area contributed by atoms with Crippen molar-refractivity contribution >= 4 is 23.4 Å². The van der Waals surface area contributed by atoms with Crippen molar-refractivity contribution in [1.29, 1.82) is 0 Å². The second-order valence-corrected chi connectivity index (χ2v) is 17.7. The number of aliphatic hydroxyl groups is 2. The average Bonchev–Trinajstić information content (AvgIpc) is 3.22. The molecule has 1 saturated carbocycles. The molecule has 0 spiro atoms. The van der Waals surface area contributed by atoms with Gasteiger partial charge in [0.2, 0.25) is 5.79 Å². The lowest BCUT2D eigenvalue weighted by molar-refractivity contribution is -0.302. The van der Waals surface area contributed by atoms with E-state index in [0.717, 1.165) is 18.4 Å². The molecule has 2 N–H and O–H groups in total. The molecule has 334 valence electrons. The normalized spacial score (nSPS) is 40.0. The summed E-state index contributed by atoms with van der Waals surface area (Å²) in [4.78, 5) is 58.0. The van der Waals surface area contributed by atoms with Gasteiger partial charge in [-0.05, 0) is 95.5 Å². The van der Waals surface area contributed by atoms with Crippen molar-refractivity contribution in [1.82, 2.24) is 4.90 Å². The van der Waals surface area contributed by atoms with E-state index in [0.29, 0.717) is 50.7 Å². The molecule has 1 aliphatic carbocycles. The number of esters is 1. The maximum absolute atomic E-state index is 14.4. The smallest absolute Gasteiger partial charge is 0.329 e. The highest BCUT2D eigenvalue weighted by atomic mass is 16.7.